The van der Waals surface area contributed by atoms with Crippen LogP contribution in [0.5, 0.6) is 0 Å². The molecule has 0 bridgehead atoms. The molecular weight excluding hydrogens is 501 g/mol. The van der Waals surface area contributed by atoms with E-state index in [0.29, 0.717) is 24.1 Å². The van der Waals surface area contributed by atoms with Crippen molar-refractivity contribution in [2.45, 2.75) is 32.5 Å². The molecule has 190 valence electrons. The number of benzene rings is 2. The number of sulfonamides is 1. The molecule has 2 aromatic rings. The first-order chi connectivity index (χ1) is 16.5. The number of amides is 1. The van der Waals surface area contributed by atoms with Crippen molar-refractivity contribution < 1.29 is 32.3 Å². The third-order valence-corrected chi connectivity index (χ3v) is 7.29. The lowest BCUT2D eigenvalue weighted by Gasteiger charge is -2.44. The van der Waals surface area contributed by atoms with Crippen LogP contribution in [-0.2, 0) is 31.0 Å². The lowest BCUT2D eigenvalue weighted by Crippen LogP contribution is -2.58. The minimum Gasteiger partial charge on any atom is -0.480 e. The zero-order chi connectivity index (χ0) is 25.8. The van der Waals surface area contributed by atoms with Gasteiger partial charge in [0.25, 0.3) is 15.9 Å². The Morgan fingerprint density at radius 2 is 1.83 bits per heavy atom. The van der Waals surface area contributed by atoms with Gasteiger partial charge in [-0.25, -0.2) is 17.6 Å². The molecule has 1 saturated heterocycles. The molecule has 1 aliphatic rings. The summed E-state index contributed by atoms with van der Waals surface area (Å²) < 4.78 is 38.9. The van der Waals surface area contributed by atoms with Gasteiger partial charge in [0.05, 0.1) is 5.69 Å². The molecule has 1 amide bonds. The van der Waals surface area contributed by atoms with Gasteiger partial charge in [-0.2, -0.15) is 0 Å². The van der Waals surface area contributed by atoms with Gasteiger partial charge in [-0.1, -0.05) is 29.8 Å². The molecule has 1 heterocycles. The van der Waals surface area contributed by atoms with Gasteiger partial charge in [-0.15, -0.1) is 4.47 Å². The quantitative estimate of drug-likeness (QED) is 0.500. The van der Waals surface area contributed by atoms with E-state index in [2.05, 4.69) is 4.90 Å². The summed E-state index contributed by atoms with van der Waals surface area (Å²) in [6.45, 7) is 4.76. The zero-order valence-electron chi connectivity index (χ0n) is 19.3. The van der Waals surface area contributed by atoms with E-state index in [4.69, 9.17) is 21.5 Å². The maximum atomic E-state index is 13.2. The first-order valence-corrected chi connectivity index (χ1v) is 12.9. The first-order valence-electron chi connectivity index (χ1n) is 10.9. The molecule has 1 aliphatic heterocycles. The van der Waals surface area contributed by atoms with E-state index in [1.807, 2.05) is 13.8 Å². The third kappa shape index (κ3) is 7.14. The monoisotopic (exact) mass is 527 g/mol. The molecule has 2 aromatic carbocycles. The van der Waals surface area contributed by atoms with E-state index in [9.17, 15) is 22.4 Å². The van der Waals surface area contributed by atoms with E-state index >= 15 is 0 Å². The molecule has 3 rings (SSSR count). The number of anilines is 1. The number of nitrogens with zero attached hydrogens (tertiary/aromatic N) is 3. The second kappa shape index (κ2) is 11.3. The van der Waals surface area contributed by atoms with E-state index in [-0.39, 0.29) is 28.6 Å². The van der Waals surface area contributed by atoms with E-state index < -0.39 is 34.3 Å². The highest BCUT2D eigenvalue weighted by atomic mass is 35.5. The number of hydrogen-bond donors (Lipinski definition) is 1. The largest absolute Gasteiger partial charge is 0.480 e. The average Bonchev–Trinajstić information content (AvgIpc) is 2.76. The van der Waals surface area contributed by atoms with Crippen LogP contribution in [0.1, 0.15) is 19.4 Å². The van der Waals surface area contributed by atoms with Gasteiger partial charge in [0, 0.05) is 36.7 Å². The Bertz CT molecular complexity index is 1160. The normalized spacial score (nSPS) is 18.9. The second-order valence-electron chi connectivity index (χ2n) is 8.43. The number of carboxylic acid groups (broad SMARTS) is 1. The Hall–Kier alpha value is -2.73. The number of hydrogen-bond acceptors (Lipinski definition) is 6. The van der Waals surface area contributed by atoms with Crippen LogP contribution in [0, 0.1) is 5.82 Å². The number of rotatable bonds is 9. The smallest absolute Gasteiger partial charge is 0.320 e. The van der Waals surface area contributed by atoms with Crippen molar-refractivity contribution in [3.8, 4) is 0 Å². The topological polar surface area (TPSA) is 107 Å². The lowest BCUT2D eigenvalue weighted by molar-refractivity contribution is -0.142. The Labute approximate surface area is 208 Å². The van der Waals surface area contributed by atoms with Gasteiger partial charge < -0.3 is 10.0 Å². The number of carbonyl (C=O) groups excluding carboxylic acids is 1. The molecular formula is C23H27ClFN3O6S. The molecule has 0 aliphatic carbocycles. The lowest BCUT2D eigenvalue weighted by atomic mass is 10.1. The summed E-state index contributed by atoms with van der Waals surface area (Å²) in [6.07, 6.45) is 0. The first kappa shape index (κ1) is 26.9. The van der Waals surface area contributed by atoms with Crippen LogP contribution >= 0.6 is 11.6 Å². The molecule has 35 heavy (non-hydrogen) atoms. The standard InChI is InChI=1S/C23H27ClFN3O6S/c1-16-12-27(17(2)11-26(16)13-18-6-8-20(25)9-7-18)22(29)14-34-28(35(32,33)15-23(30)31)21-5-3-4-19(24)10-21/h3-10,16-17H,11-15H2,1-2H3,(H,30,31). The minimum atomic E-state index is -4.44. The summed E-state index contributed by atoms with van der Waals surface area (Å²) in [4.78, 5) is 33.2. The van der Waals surface area contributed by atoms with Crippen LogP contribution in [0.3, 0.4) is 0 Å². The number of carboxylic acids is 1. The maximum absolute atomic E-state index is 13.2. The summed E-state index contributed by atoms with van der Waals surface area (Å²) in [5, 5.41) is 9.22. The second-order valence-corrected chi connectivity index (χ2v) is 10.7. The van der Waals surface area contributed by atoms with Gasteiger partial charge in [0.1, 0.15) is 5.82 Å². The molecule has 0 spiro atoms. The van der Waals surface area contributed by atoms with Gasteiger partial charge in [0.2, 0.25) is 0 Å². The average molecular weight is 528 g/mol. The van der Waals surface area contributed by atoms with E-state index in [1.165, 1.54) is 36.4 Å². The molecule has 0 radical (unpaired) electrons. The molecule has 2 atom stereocenters. The molecule has 12 heteroatoms. The Morgan fingerprint density at radius 1 is 1.14 bits per heavy atom. The SMILES string of the molecule is CC1CN(C(=O)CON(c2cccc(Cl)c2)S(=O)(=O)CC(=O)O)C(C)CN1Cc1ccc(F)cc1. The summed E-state index contributed by atoms with van der Waals surface area (Å²) >= 11 is 5.95. The number of aliphatic carboxylic acids is 1. The van der Waals surface area contributed by atoms with Crippen molar-refractivity contribution in [1.82, 2.24) is 9.80 Å². The van der Waals surface area contributed by atoms with Crippen LogP contribution < -0.4 is 4.47 Å². The Balaban J connectivity index is 1.68. The highest BCUT2D eigenvalue weighted by Crippen LogP contribution is 2.24. The molecule has 1 fully saturated rings. The van der Waals surface area contributed by atoms with Gasteiger partial charge in [-0.3, -0.25) is 14.5 Å². The third-order valence-electron chi connectivity index (χ3n) is 5.62. The highest BCUT2D eigenvalue weighted by molar-refractivity contribution is 7.93. The zero-order valence-corrected chi connectivity index (χ0v) is 20.9. The Kier molecular flexibility index (Phi) is 8.70. The van der Waals surface area contributed by atoms with Crippen LogP contribution in [0.2, 0.25) is 5.02 Å². The summed E-state index contributed by atoms with van der Waals surface area (Å²) in [7, 11) is -4.44. The van der Waals surface area contributed by atoms with Crippen molar-refractivity contribution in [2.75, 3.05) is 29.9 Å². The van der Waals surface area contributed by atoms with Crippen LogP contribution in [0.4, 0.5) is 10.1 Å². The maximum Gasteiger partial charge on any atom is 0.320 e. The fourth-order valence-electron chi connectivity index (χ4n) is 3.91. The van der Waals surface area contributed by atoms with Crippen molar-refractivity contribution in [3.05, 3.63) is 64.9 Å². The summed E-state index contributed by atoms with van der Waals surface area (Å²) in [6, 6.07) is 11.7. The molecule has 0 saturated carbocycles. The predicted molar refractivity (Wildman–Crippen MR) is 129 cm³/mol. The van der Waals surface area contributed by atoms with Crippen LogP contribution in [0.15, 0.2) is 48.5 Å². The predicted octanol–water partition coefficient (Wildman–Crippen LogP) is 2.75. The van der Waals surface area contributed by atoms with Gasteiger partial charge in [0.15, 0.2) is 12.4 Å². The molecule has 2 unspecified atom stereocenters. The summed E-state index contributed by atoms with van der Waals surface area (Å²) in [5.74, 6) is -3.53. The molecule has 9 nitrogen and oxygen atoms in total. The van der Waals surface area contributed by atoms with Crippen molar-refractivity contribution in [1.29, 1.82) is 0 Å². The van der Waals surface area contributed by atoms with E-state index in [1.54, 1.807) is 17.0 Å². The number of halogens is 2. The Morgan fingerprint density at radius 3 is 2.46 bits per heavy atom. The fraction of sp³-hybridized carbons (Fsp3) is 0.391. The van der Waals surface area contributed by atoms with Gasteiger partial charge >= 0.3 is 5.97 Å². The van der Waals surface area contributed by atoms with Crippen molar-refractivity contribution in [3.63, 3.8) is 0 Å². The summed E-state index contributed by atoms with van der Waals surface area (Å²) in [5.41, 5.74) is 0.937. The fourth-order valence-corrected chi connectivity index (χ4v) is 5.17. The molecule has 1 N–H and O–H groups in total. The number of piperazine rings is 1. The van der Waals surface area contributed by atoms with E-state index in [0.717, 1.165) is 5.56 Å². The highest BCUT2D eigenvalue weighted by Gasteiger charge is 2.34. The van der Waals surface area contributed by atoms with Crippen LogP contribution in [0.25, 0.3) is 0 Å². The van der Waals surface area contributed by atoms with Crippen molar-refractivity contribution >= 4 is 39.2 Å². The van der Waals surface area contributed by atoms with Gasteiger partial charge in [-0.05, 0) is 49.7 Å². The van der Waals surface area contributed by atoms with Crippen molar-refractivity contribution in [2.24, 2.45) is 0 Å². The molecule has 0 aromatic heterocycles. The minimum absolute atomic E-state index is 0.0139. The number of carbonyl (C=O) groups is 2. The van der Waals surface area contributed by atoms with Crippen LogP contribution in [-0.4, -0.2) is 72.7 Å².